The molecule has 0 amide bonds. The molecule has 0 rings (SSSR count). The summed E-state index contributed by atoms with van der Waals surface area (Å²) in [5, 5.41) is 0. The Kier molecular flexibility index (Phi) is 5.05. The highest BCUT2D eigenvalue weighted by molar-refractivity contribution is 7.80. The summed E-state index contributed by atoms with van der Waals surface area (Å²) in [6.07, 6.45) is 0.909. The van der Waals surface area contributed by atoms with E-state index in [1.54, 1.807) is 0 Å². The van der Waals surface area contributed by atoms with Crippen molar-refractivity contribution in [1.29, 1.82) is 0 Å². The Morgan fingerprint density at radius 3 is 1.88 bits per heavy atom. The predicted molar refractivity (Wildman–Crippen MR) is 46.6 cm³/mol. The third-order valence-corrected chi connectivity index (χ3v) is 3.56. The second kappa shape index (κ2) is 4.28. The molecule has 0 aromatic heterocycles. The number of hydrogen-bond acceptors (Lipinski definition) is 1. The van der Waals surface area contributed by atoms with Crippen molar-refractivity contribution in [3.05, 3.63) is 0 Å². The Morgan fingerprint density at radius 1 is 1.25 bits per heavy atom. The maximum Gasteiger partial charge on any atom is 0.341 e. The Bertz CT molecular complexity index is 62.0. The van der Waals surface area contributed by atoms with Gasteiger partial charge in [0.15, 0.2) is 0 Å². The van der Waals surface area contributed by atoms with Gasteiger partial charge in [-0.05, 0) is 18.2 Å². The first kappa shape index (κ1) is 9.44. The van der Waals surface area contributed by atoms with Gasteiger partial charge in [-0.3, -0.25) is 0 Å². The van der Waals surface area contributed by atoms with Gasteiger partial charge in [0.25, 0.3) is 0 Å². The van der Waals surface area contributed by atoms with Crippen LogP contribution in [0.2, 0.25) is 6.04 Å². The minimum Gasteiger partial charge on any atom is -0.179 e. The van der Waals surface area contributed by atoms with Crippen molar-refractivity contribution in [2.45, 2.75) is 12.5 Å². The quantitative estimate of drug-likeness (QED) is 0.412. The molecule has 0 heterocycles. The van der Waals surface area contributed by atoms with E-state index in [0.717, 1.165) is 18.2 Å². The molecule has 0 aromatic rings. The molecule has 0 nitrogen and oxygen atoms in total. The molecule has 8 heavy (non-hydrogen) atoms. The lowest BCUT2D eigenvalue weighted by Crippen LogP contribution is -2.07. The van der Waals surface area contributed by atoms with Crippen LogP contribution in [0.3, 0.4) is 0 Å². The molecule has 0 aliphatic heterocycles. The SMILES string of the molecule is SCCC[Si](Cl)(Cl)Cl. The number of rotatable bonds is 3. The van der Waals surface area contributed by atoms with Gasteiger partial charge in [-0.25, -0.2) is 0 Å². The lowest BCUT2D eigenvalue weighted by atomic mass is 10.6. The molecule has 0 aliphatic rings. The van der Waals surface area contributed by atoms with Gasteiger partial charge in [0, 0.05) is 0 Å². The van der Waals surface area contributed by atoms with Crippen molar-refractivity contribution in [1.82, 2.24) is 0 Å². The minimum absolute atomic E-state index is 0.723. The number of thiol groups is 1. The third-order valence-electron chi connectivity index (χ3n) is 0.618. The minimum atomic E-state index is -2.31. The molecule has 0 atom stereocenters. The smallest absolute Gasteiger partial charge is 0.179 e. The lowest BCUT2D eigenvalue weighted by Gasteiger charge is -2.03. The summed E-state index contributed by atoms with van der Waals surface area (Å²) in [6, 6.07) is -1.59. The van der Waals surface area contributed by atoms with Gasteiger partial charge < -0.3 is 0 Å². The van der Waals surface area contributed by atoms with Crippen LogP contribution in [-0.4, -0.2) is 11.8 Å². The zero-order valence-corrected chi connectivity index (χ0v) is 8.36. The van der Waals surface area contributed by atoms with Crippen LogP contribution in [0.5, 0.6) is 0 Å². The summed E-state index contributed by atoms with van der Waals surface area (Å²) in [7, 11) is 0. The first-order valence-corrected chi connectivity index (χ1v) is 8.11. The normalized spacial score (nSPS) is 12.0. The summed E-state index contributed by atoms with van der Waals surface area (Å²) in [6.45, 7) is 0. The third kappa shape index (κ3) is 7.44. The maximum atomic E-state index is 5.55. The molecule has 0 bridgehead atoms. The van der Waals surface area contributed by atoms with E-state index >= 15 is 0 Å². The van der Waals surface area contributed by atoms with Crippen LogP contribution >= 0.6 is 45.9 Å². The van der Waals surface area contributed by atoms with E-state index < -0.39 is 6.00 Å². The monoisotopic (exact) mass is 208 g/mol. The predicted octanol–water partition coefficient (Wildman–Crippen LogP) is 2.96. The largest absolute Gasteiger partial charge is 0.341 e. The molecule has 0 radical (unpaired) electrons. The second-order valence-electron chi connectivity index (χ2n) is 1.44. The van der Waals surface area contributed by atoms with Crippen molar-refractivity contribution in [3.63, 3.8) is 0 Å². The molecule has 0 unspecified atom stereocenters. The molecule has 0 saturated carbocycles. The molecule has 0 fully saturated rings. The molecular weight excluding hydrogens is 203 g/mol. The van der Waals surface area contributed by atoms with Crippen LogP contribution in [0, 0.1) is 0 Å². The van der Waals surface area contributed by atoms with Gasteiger partial charge in [0.05, 0.1) is 0 Å². The summed E-state index contributed by atoms with van der Waals surface area (Å²) in [5.74, 6) is 0.806. The first-order valence-electron chi connectivity index (χ1n) is 2.24. The van der Waals surface area contributed by atoms with Gasteiger partial charge >= 0.3 is 6.00 Å². The van der Waals surface area contributed by atoms with E-state index in [1.165, 1.54) is 0 Å². The lowest BCUT2D eigenvalue weighted by molar-refractivity contribution is 1.10. The molecule has 0 N–H and O–H groups in total. The topological polar surface area (TPSA) is 0 Å². The molecular formula is C3H7Cl3SSi. The van der Waals surface area contributed by atoms with E-state index in [1.807, 2.05) is 0 Å². The van der Waals surface area contributed by atoms with Gasteiger partial charge in [0.1, 0.15) is 0 Å². The van der Waals surface area contributed by atoms with E-state index in [2.05, 4.69) is 12.6 Å². The average molecular weight is 210 g/mol. The molecule has 0 spiro atoms. The highest BCUT2D eigenvalue weighted by atomic mass is 35.8. The summed E-state index contributed by atoms with van der Waals surface area (Å²) in [5.41, 5.74) is 0. The molecule has 0 aromatic carbocycles. The van der Waals surface area contributed by atoms with E-state index in [9.17, 15) is 0 Å². The molecule has 0 saturated heterocycles. The zero-order chi connectivity index (χ0) is 6.62. The Morgan fingerprint density at radius 2 is 1.75 bits per heavy atom. The van der Waals surface area contributed by atoms with E-state index in [4.69, 9.17) is 33.2 Å². The highest BCUT2D eigenvalue weighted by Crippen LogP contribution is 2.26. The Hall–Kier alpha value is 1.44. The second-order valence-corrected chi connectivity index (χ2v) is 11.2. The fraction of sp³-hybridized carbons (Fsp3) is 1.00. The summed E-state index contributed by atoms with van der Waals surface area (Å²) < 4.78 is 0. The van der Waals surface area contributed by atoms with Crippen LogP contribution in [0.25, 0.3) is 0 Å². The van der Waals surface area contributed by atoms with Crippen molar-refractivity contribution < 1.29 is 0 Å². The standard InChI is InChI=1S/C3H7Cl3SSi/c4-8(5,6)3-1-2-7/h7H,1-3H2. The maximum absolute atomic E-state index is 5.55. The van der Waals surface area contributed by atoms with Crippen LogP contribution < -0.4 is 0 Å². The molecule has 5 heteroatoms. The summed E-state index contributed by atoms with van der Waals surface area (Å²) in [4.78, 5) is 0. The van der Waals surface area contributed by atoms with Gasteiger partial charge in [-0.2, -0.15) is 12.6 Å². The Labute approximate surface area is 70.0 Å². The fourth-order valence-corrected chi connectivity index (χ4v) is 2.52. The molecule has 50 valence electrons. The van der Waals surface area contributed by atoms with Crippen molar-refractivity contribution in [2.75, 3.05) is 5.75 Å². The van der Waals surface area contributed by atoms with Crippen molar-refractivity contribution in [3.8, 4) is 0 Å². The van der Waals surface area contributed by atoms with Gasteiger partial charge in [-0.15, -0.1) is 33.2 Å². The highest BCUT2D eigenvalue weighted by Gasteiger charge is 2.23. The zero-order valence-electron chi connectivity index (χ0n) is 4.20. The van der Waals surface area contributed by atoms with Crippen molar-refractivity contribution in [2.24, 2.45) is 0 Å². The van der Waals surface area contributed by atoms with E-state index in [0.29, 0.717) is 0 Å². The van der Waals surface area contributed by atoms with Gasteiger partial charge in [0.2, 0.25) is 0 Å². The average Bonchev–Trinajstić information content (AvgIpc) is 1.59. The number of hydrogen-bond donors (Lipinski definition) is 1. The van der Waals surface area contributed by atoms with E-state index in [-0.39, 0.29) is 0 Å². The van der Waals surface area contributed by atoms with Crippen LogP contribution in [0.1, 0.15) is 6.42 Å². The first-order chi connectivity index (χ1) is 3.56. The Balaban J connectivity index is 3.11. The number of halogens is 3. The fourth-order valence-electron chi connectivity index (χ4n) is 0.280. The van der Waals surface area contributed by atoms with Crippen LogP contribution in [-0.2, 0) is 0 Å². The van der Waals surface area contributed by atoms with Gasteiger partial charge in [-0.1, -0.05) is 0 Å². The van der Waals surface area contributed by atoms with Crippen LogP contribution in [0.4, 0.5) is 0 Å². The van der Waals surface area contributed by atoms with Crippen molar-refractivity contribution >= 4 is 51.9 Å². The van der Waals surface area contributed by atoms with Crippen LogP contribution in [0.15, 0.2) is 0 Å². The summed E-state index contributed by atoms with van der Waals surface area (Å²) >= 11 is 20.6. The molecule has 0 aliphatic carbocycles.